The molecule has 4 rings (SSSR count). The molecule has 2 aromatic heterocycles. The second-order valence-electron chi connectivity index (χ2n) is 6.94. The van der Waals surface area contributed by atoms with Crippen molar-refractivity contribution in [2.24, 2.45) is 0 Å². The number of carbonyl (C=O) groups excluding carboxylic acids is 1. The molecule has 6 heteroatoms. The van der Waals surface area contributed by atoms with E-state index in [1.54, 1.807) is 22.7 Å². The summed E-state index contributed by atoms with van der Waals surface area (Å²) >= 11 is 3.27. The monoisotopic (exact) mass is 397 g/mol. The lowest BCUT2D eigenvalue weighted by atomic mass is 10.0. The molecule has 0 spiro atoms. The third kappa shape index (κ3) is 5.03. The molecule has 1 saturated heterocycles. The quantitative estimate of drug-likeness (QED) is 0.678. The summed E-state index contributed by atoms with van der Waals surface area (Å²) in [5, 5.41) is 10.3. The number of amides is 1. The maximum Gasteiger partial charge on any atom is 0.226 e. The number of hydrogen-bond acceptors (Lipinski definition) is 5. The number of likely N-dealkylation sites (tertiary alicyclic amines) is 1. The summed E-state index contributed by atoms with van der Waals surface area (Å²) in [6, 6.07) is 12.9. The number of nitrogens with zero attached hydrogens (tertiary/aromatic N) is 2. The third-order valence-corrected chi connectivity index (χ3v) is 6.49. The van der Waals surface area contributed by atoms with Crippen molar-refractivity contribution < 1.29 is 4.79 Å². The van der Waals surface area contributed by atoms with Crippen molar-refractivity contribution in [2.75, 3.05) is 13.1 Å². The van der Waals surface area contributed by atoms with Crippen LogP contribution in [-0.4, -0.2) is 34.9 Å². The summed E-state index contributed by atoms with van der Waals surface area (Å²) in [5.41, 5.74) is 3.35. The minimum absolute atomic E-state index is 0.0821. The highest BCUT2D eigenvalue weighted by molar-refractivity contribution is 7.14. The standard InChI is InChI=1S/C21H23N3OS2/c25-20(12-19-15-27-21(23-19)17-8-11-26-14-17)22-18-6-9-24(10-7-18)13-16-4-2-1-3-5-16/h1-5,8,11,14-15,18H,6-7,9-10,12-13H2,(H,22,25). The summed E-state index contributed by atoms with van der Waals surface area (Å²) in [7, 11) is 0. The number of carbonyl (C=O) groups is 1. The summed E-state index contributed by atoms with van der Waals surface area (Å²) in [6.07, 6.45) is 2.39. The van der Waals surface area contributed by atoms with Crippen LogP contribution < -0.4 is 5.32 Å². The zero-order valence-corrected chi connectivity index (χ0v) is 16.8. The highest BCUT2D eigenvalue weighted by atomic mass is 32.1. The summed E-state index contributed by atoms with van der Waals surface area (Å²) < 4.78 is 0. The molecule has 3 heterocycles. The SMILES string of the molecule is O=C(Cc1csc(-c2ccsc2)n1)NC1CCN(Cc2ccccc2)CC1. The minimum Gasteiger partial charge on any atom is -0.353 e. The van der Waals surface area contributed by atoms with Crippen molar-refractivity contribution in [3.8, 4) is 10.6 Å². The van der Waals surface area contributed by atoms with Crippen LogP contribution in [0.15, 0.2) is 52.5 Å². The Morgan fingerprint density at radius 3 is 2.70 bits per heavy atom. The summed E-state index contributed by atoms with van der Waals surface area (Å²) in [5.74, 6) is 0.0821. The second kappa shape index (κ2) is 8.78. The van der Waals surface area contributed by atoms with Gasteiger partial charge in [0.15, 0.2) is 0 Å². The van der Waals surface area contributed by atoms with Gasteiger partial charge in [-0.2, -0.15) is 11.3 Å². The summed E-state index contributed by atoms with van der Waals surface area (Å²) in [4.78, 5) is 19.5. The zero-order chi connectivity index (χ0) is 18.5. The van der Waals surface area contributed by atoms with E-state index < -0.39 is 0 Å². The molecule has 0 aliphatic carbocycles. The molecule has 4 nitrogen and oxygen atoms in total. The van der Waals surface area contributed by atoms with Gasteiger partial charge in [0, 0.05) is 42.0 Å². The Balaban J connectivity index is 1.23. The fourth-order valence-corrected chi connectivity index (χ4v) is 4.96. The Bertz CT molecular complexity index is 853. The Morgan fingerprint density at radius 1 is 1.15 bits per heavy atom. The van der Waals surface area contributed by atoms with E-state index in [1.807, 2.05) is 10.8 Å². The first-order chi connectivity index (χ1) is 13.3. The van der Waals surface area contributed by atoms with Crippen LogP contribution in [0.25, 0.3) is 10.6 Å². The molecule has 0 unspecified atom stereocenters. The van der Waals surface area contributed by atoms with E-state index >= 15 is 0 Å². The van der Waals surface area contributed by atoms with Crippen LogP contribution in [0.5, 0.6) is 0 Å². The van der Waals surface area contributed by atoms with Crippen molar-refractivity contribution in [1.29, 1.82) is 0 Å². The molecule has 1 N–H and O–H groups in total. The average molecular weight is 398 g/mol. The number of aromatic nitrogens is 1. The predicted molar refractivity (Wildman–Crippen MR) is 112 cm³/mol. The Kier molecular flexibility index (Phi) is 5.97. The fourth-order valence-electron chi connectivity index (χ4n) is 3.43. The molecule has 0 radical (unpaired) electrons. The van der Waals surface area contributed by atoms with Gasteiger partial charge < -0.3 is 5.32 Å². The van der Waals surface area contributed by atoms with E-state index in [4.69, 9.17) is 0 Å². The molecule has 1 amide bonds. The van der Waals surface area contributed by atoms with E-state index in [0.29, 0.717) is 6.42 Å². The molecule has 1 fully saturated rings. The van der Waals surface area contributed by atoms with E-state index in [-0.39, 0.29) is 11.9 Å². The Labute approximate surface area is 167 Å². The molecule has 1 aliphatic heterocycles. The first-order valence-corrected chi connectivity index (χ1v) is 11.1. The molecular formula is C21H23N3OS2. The molecule has 140 valence electrons. The zero-order valence-electron chi connectivity index (χ0n) is 15.1. The lowest BCUT2D eigenvalue weighted by Crippen LogP contribution is -2.44. The van der Waals surface area contributed by atoms with Crippen molar-refractivity contribution >= 4 is 28.6 Å². The van der Waals surface area contributed by atoms with Gasteiger partial charge in [-0.15, -0.1) is 11.3 Å². The van der Waals surface area contributed by atoms with Crippen molar-refractivity contribution in [3.05, 3.63) is 63.8 Å². The smallest absolute Gasteiger partial charge is 0.226 e. The largest absolute Gasteiger partial charge is 0.353 e. The number of hydrogen-bond donors (Lipinski definition) is 1. The molecule has 3 aromatic rings. The van der Waals surface area contributed by atoms with Crippen LogP contribution >= 0.6 is 22.7 Å². The van der Waals surface area contributed by atoms with E-state index in [2.05, 4.69) is 57.0 Å². The van der Waals surface area contributed by atoms with E-state index in [1.165, 1.54) is 5.56 Å². The average Bonchev–Trinajstić information content (AvgIpc) is 3.36. The Morgan fingerprint density at radius 2 is 1.96 bits per heavy atom. The number of thiophene rings is 1. The van der Waals surface area contributed by atoms with Crippen molar-refractivity contribution in [3.63, 3.8) is 0 Å². The topological polar surface area (TPSA) is 45.2 Å². The van der Waals surface area contributed by atoms with Gasteiger partial charge in [0.1, 0.15) is 5.01 Å². The fraction of sp³-hybridized carbons (Fsp3) is 0.333. The number of piperidine rings is 1. The molecule has 27 heavy (non-hydrogen) atoms. The van der Waals surface area contributed by atoms with Crippen LogP contribution in [0.1, 0.15) is 24.1 Å². The molecular weight excluding hydrogens is 374 g/mol. The van der Waals surface area contributed by atoms with Gasteiger partial charge >= 0.3 is 0 Å². The molecule has 1 aliphatic rings. The summed E-state index contributed by atoms with van der Waals surface area (Å²) in [6.45, 7) is 3.05. The first-order valence-electron chi connectivity index (χ1n) is 9.29. The molecule has 0 bridgehead atoms. The highest BCUT2D eigenvalue weighted by Crippen LogP contribution is 2.25. The van der Waals surface area contributed by atoms with Gasteiger partial charge in [0.2, 0.25) is 5.91 Å². The van der Waals surface area contributed by atoms with Gasteiger partial charge in [-0.25, -0.2) is 4.98 Å². The normalized spacial score (nSPS) is 15.7. The number of nitrogens with one attached hydrogen (secondary N) is 1. The lowest BCUT2D eigenvalue weighted by molar-refractivity contribution is -0.121. The van der Waals surface area contributed by atoms with Crippen LogP contribution in [0, 0.1) is 0 Å². The van der Waals surface area contributed by atoms with E-state index in [9.17, 15) is 4.79 Å². The van der Waals surface area contributed by atoms with Crippen LogP contribution in [0.3, 0.4) is 0 Å². The van der Waals surface area contributed by atoms with Crippen molar-refractivity contribution in [1.82, 2.24) is 15.2 Å². The third-order valence-electron chi connectivity index (χ3n) is 4.86. The van der Waals surface area contributed by atoms with Gasteiger partial charge in [0.05, 0.1) is 12.1 Å². The predicted octanol–water partition coefficient (Wildman–Crippen LogP) is 4.19. The molecule has 0 saturated carbocycles. The van der Waals surface area contributed by atoms with Crippen LogP contribution in [-0.2, 0) is 17.8 Å². The Hall–Kier alpha value is -2.02. The maximum atomic E-state index is 12.4. The van der Waals surface area contributed by atoms with Crippen LogP contribution in [0.2, 0.25) is 0 Å². The minimum atomic E-state index is 0.0821. The molecule has 1 aromatic carbocycles. The van der Waals surface area contributed by atoms with E-state index in [0.717, 1.165) is 48.7 Å². The van der Waals surface area contributed by atoms with Gasteiger partial charge in [-0.3, -0.25) is 9.69 Å². The number of benzene rings is 1. The lowest BCUT2D eigenvalue weighted by Gasteiger charge is -2.32. The highest BCUT2D eigenvalue weighted by Gasteiger charge is 2.21. The maximum absolute atomic E-state index is 12.4. The first kappa shape index (κ1) is 18.3. The number of rotatable bonds is 6. The van der Waals surface area contributed by atoms with Gasteiger partial charge in [0.25, 0.3) is 0 Å². The van der Waals surface area contributed by atoms with Crippen molar-refractivity contribution in [2.45, 2.75) is 31.8 Å². The van der Waals surface area contributed by atoms with Crippen LogP contribution in [0.4, 0.5) is 0 Å². The molecule has 0 atom stereocenters. The second-order valence-corrected chi connectivity index (χ2v) is 8.57. The van der Waals surface area contributed by atoms with Gasteiger partial charge in [-0.05, 0) is 29.9 Å². The number of thiazole rings is 1. The van der Waals surface area contributed by atoms with Gasteiger partial charge in [-0.1, -0.05) is 30.3 Å².